The summed E-state index contributed by atoms with van der Waals surface area (Å²) in [6, 6.07) is 34.6. The molecule has 0 bridgehead atoms. The molecule has 0 atom stereocenters. The first-order valence-electron chi connectivity index (χ1n) is 11.8. The molecule has 0 amide bonds. The van der Waals surface area contributed by atoms with Crippen LogP contribution in [0.5, 0.6) is 0 Å². The van der Waals surface area contributed by atoms with Crippen LogP contribution in [0.1, 0.15) is 30.9 Å². The molecule has 3 aromatic heterocycles. The minimum absolute atomic E-state index is 0. The fourth-order valence-corrected chi connectivity index (χ4v) is 4.11. The third-order valence-corrected chi connectivity index (χ3v) is 6.01. The summed E-state index contributed by atoms with van der Waals surface area (Å²) >= 11 is 0. The van der Waals surface area contributed by atoms with Crippen molar-refractivity contribution in [2.75, 3.05) is 0 Å². The Labute approximate surface area is 225 Å². The molecule has 1 radical (unpaired) electrons. The van der Waals surface area contributed by atoms with Crippen LogP contribution in [0.3, 0.4) is 0 Å². The van der Waals surface area contributed by atoms with E-state index >= 15 is 0 Å². The molecule has 0 unspecified atom stereocenters. The first-order chi connectivity index (χ1) is 17.1. The number of furan rings is 1. The summed E-state index contributed by atoms with van der Waals surface area (Å²) in [5.74, 6) is 0.537. The Morgan fingerprint density at radius 2 is 1.53 bits per heavy atom. The van der Waals surface area contributed by atoms with Gasteiger partial charge in [0.05, 0.1) is 5.58 Å². The van der Waals surface area contributed by atoms with Gasteiger partial charge in [0, 0.05) is 37.9 Å². The van der Waals surface area contributed by atoms with Crippen molar-refractivity contribution >= 4 is 21.9 Å². The van der Waals surface area contributed by atoms with Crippen LogP contribution >= 0.6 is 0 Å². The molecule has 3 aromatic carbocycles. The van der Waals surface area contributed by atoms with Crippen LogP contribution < -0.4 is 0 Å². The summed E-state index contributed by atoms with van der Waals surface area (Å²) in [6.45, 7) is 6.44. The zero-order valence-electron chi connectivity index (χ0n) is 20.5. The Morgan fingerprint density at radius 1 is 0.722 bits per heavy atom. The van der Waals surface area contributed by atoms with Gasteiger partial charge >= 0.3 is 0 Å². The normalized spacial score (nSPS) is 10.7. The molecule has 0 aliphatic carbocycles. The Morgan fingerprint density at radius 3 is 2.28 bits per heavy atom. The topological polar surface area (TPSA) is 38.9 Å². The molecular formula is C32H26IrN2O-2. The molecule has 6 rings (SSSR count). The van der Waals surface area contributed by atoms with Gasteiger partial charge in [-0.15, -0.1) is 54.1 Å². The minimum Gasteiger partial charge on any atom is -0.500 e. The van der Waals surface area contributed by atoms with Crippen molar-refractivity contribution in [3.05, 3.63) is 121 Å². The molecule has 0 spiro atoms. The van der Waals surface area contributed by atoms with Crippen molar-refractivity contribution in [3.63, 3.8) is 0 Å². The van der Waals surface area contributed by atoms with E-state index in [-0.39, 0.29) is 20.1 Å². The molecule has 0 saturated heterocycles. The van der Waals surface area contributed by atoms with E-state index in [4.69, 9.17) is 4.42 Å². The van der Waals surface area contributed by atoms with Crippen LogP contribution in [0.15, 0.2) is 102 Å². The third kappa shape index (κ3) is 5.31. The maximum atomic E-state index is 6.10. The van der Waals surface area contributed by atoms with Gasteiger partial charge in [-0.2, -0.15) is 0 Å². The average molecular weight is 647 g/mol. The van der Waals surface area contributed by atoms with Gasteiger partial charge in [0.15, 0.2) is 0 Å². The Kier molecular flexibility index (Phi) is 8.10. The van der Waals surface area contributed by atoms with Gasteiger partial charge in [0.1, 0.15) is 5.58 Å². The van der Waals surface area contributed by atoms with Crippen molar-refractivity contribution in [1.82, 2.24) is 9.97 Å². The van der Waals surface area contributed by atoms with Crippen LogP contribution in [0.2, 0.25) is 0 Å². The molecule has 3 heterocycles. The van der Waals surface area contributed by atoms with Crippen molar-refractivity contribution in [3.8, 4) is 22.5 Å². The van der Waals surface area contributed by atoms with Crippen molar-refractivity contribution in [1.29, 1.82) is 0 Å². The van der Waals surface area contributed by atoms with Gasteiger partial charge in [-0.1, -0.05) is 66.8 Å². The van der Waals surface area contributed by atoms with Gasteiger partial charge in [0.25, 0.3) is 0 Å². The Bertz CT molecular complexity index is 1570. The van der Waals surface area contributed by atoms with Crippen LogP contribution in [0, 0.1) is 19.1 Å². The number of fused-ring (bicyclic) bond motifs is 3. The molecule has 36 heavy (non-hydrogen) atoms. The molecule has 0 N–H and O–H groups in total. The number of aromatic nitrogens is 2. The first-order valence-corrected chi connectivity index (χ1v) is 11.8. The zero-order chi connectivity index (χ0) is 24.2. The van der Waals surface area contributed by atoms with Crippen LogP contribution in [0.4, 0.5) is 0 Å². The van der Waals surface area contributed by atoms with Crippen molar-refractivity contribution < 1.29 is 24.5 Å². The molecule has 0 fully saturated rings. The average Bonchev–Trinajstić information content (AvgIpc) is 3.30. The fourth-order valence-electron chi connectivity index (χ4n) is 4.11. The van der Waals surface area contributed by atoms with Crippen LogP contribution in [0.25, 0.3) is 44.5 Å². The van der Waals surface area contributed by atoms with Gasteiger partial charge in [-0.3, -0.25) is 0 Å². The largest absolute Gasteiger partial charge is 0.500 e. The number of benzene rings is 3. The molecule has 181 valence electrons. The SMILES string of the molecule is CC(C)c1ccnc(-c2[c-]cccc2)c1.Cc1cccc2c1oc1c(-c3ccccn3)[c-]ccc12.[Ir]. The monoisotopic (exact) mass is 647 g/mol. The summed E-state index contributed by atoms with van der Waals surface area (Å²) in [5, 5.41) is 2.26. The molecule has 0 aliphatic heterocycles. The predicted octanol–water partition coefficient (Wildman–Crippen LogP) is 8.43. The molecule has 6 aromatic rings. The first kappa shape index (κ1) is 25.5. The van der Waals surface area contributed by atoms with Gasteiger partial charge < -0.3 is 14.4 Å². The summed E-state index contributed by atoms with van der Waals surface area (Å²) in [7, 11) is 0. The van der Waals surface area contributed by atoms with Crippen LogP contribution in [-0.4, -0.2) is 9.97 Å². The van der Waals surface area contributed by atoms with E-state index in [1.807, 2.05) is 60.8 Å². The quantitative estimate of drug-likeness (QED) is 0.181. The number of hydrogen-bond donors (Lipinski definition) is 0. The van der Waals surface area contributed by atoms with E-state index in [0.717, 1.165) is 50.0 Å². The molecule has 0 aliphatic rings. The van der Waals surface area contributed by atoms with Gasteiger partial charge in [-0.25, -0.2) is 0 Å². The van der Waals surface area contributed by atoms with Crippen molar-refractivity contribution in [2.45, 2.75) is 26.7 Å². The summed E-state index contributed by atoms with van der Waals surface area (Å²) < 4.78 is 6.10. The number of nitrogens with zero attached hydrogens (tertiary/aromatic N) is 2. The summed E-state index contributed by atoms with van der Waals surface area (Å²) in [4.78, 5) is 8.76. The second-order valence-corrected chi connectivity index (χ2v) is 8.77. The van der Waals surface area contributed by atoms with Crippen molar-refractivity contribution in [2.24, 2.45) is 0 Å². The zero-order valence-corrected chi connectivity index (χ0v) is 22.8. The number of para-hydroxylation sites is 1. The standard InChI is InChI=1S/C18H12NO.C14H14N.Ir/c1-12-6-4-7-13-14-8-5-9-15(18(14)20-17(12)13)16-10-2-3-11-19-16;1-11(2)13-8-9-15-14(10-13)12-6-4-3-5-7-12;/h2-8,10-11H,1H3;3-6,8-11H,1-2H3;/q2*-1;. The maximum Gasteiger partial charge on any atom is 0.123 e. The Balaban J connectivity index is 0.000000172. The van der Waals surface area contributed by atoms with E-state index in [1.54, 1.807) is 6.20 Å². The fraction of sp³-hybridized carbons (Fsp3) is 0.125. The summed E-state index contributed by atoms with van der Waals surface area (Å²) in [5.41, 5.74) is 8.12. The number of hydrogen-bond acceptors (Lipinski definition) is 3. The van der Waals surface area contributed by atoms with E-state index in [1.165, 1.54) is 5.56 Å². The number of rotatable bonds is 3. The molecular weight excluding hydrogens is 621 g/mol. The minimum atomic E-state index is 0. The molecule has 4 heteroatoms. The van der Waals surface area contributed by atoms with E-state index in [2.05, 4.69) is 73.2 Å². The number of aryl methyl sites for hydroxylation is 1. The van der Waals surface area contributed by atoms with E-state index in [9.17, 15) is 0 Å². The third-order valence-electron chi connectivity index (χ3n) is 6.01. The van der Waals surface area contributed by atoms with E-state index in [0.29, 0.717) is 5.92 Å². The molecule has 3 nitrogen and oxygen atoms in total. The van der Waals surface area contributed by atoms with Gasteiger partial charge in [-0.05, 0) is 41.9 Å². The van der Waals surface area contributed by atoms with E-state index < -0.39 is 0 Å². The van der Waals surface area contributed by atoms with Crippen LogP contribution in [-0.2, 0) is 20.1 Å². The predicted molar refractivity (Wildman–Crippen MR) is 143 cm³/mol. The maximum absolute atomic E-state index is 6.10. The second kappa shape index (κ2) is 11.4. The Hall–Kier alpha value is -3.59. The molecule has 0 saturated carbocycles. The summed E-state index contributed by atoms with van der Waals surface area (Å²) in [6.07, 6.45) is 3.65. The van der Waals surface area contributed by atoms with Gasteiger partial charge in [0.2, 0.25) is 0 Å². The number of pyridine rings is 2. The second-order valence-electron chi connectivity index (χ2n) is 8.77. The smallest absolute Gasteiger partial charge is 0.123 e.